The number of carboxylic acid groups (broad SMARTS) is 1. The van der Waals surface area contributed by atoms with E-state index in [1.807, 2.05) is 48.5 Å². The van der Waals surface area contributed by atoms with Gasteiger partial charge in [0.05, 0.1) is 38.3 Å². The van der Waals surface area contributed by atoms with E-state index in [0.29, 0.717) is 31.7 Å². The number of aliphatic hydroxyl groups is 1. The zero-order valence-corrected chi connectivity index (χ0v) is 20.7. The number of carboxylic acids is 1. The maximum absolute atomic E-state index is 12.1. The first-order valence-electron chi connectivity index (χ1n) is 12.2. The Hall–Kier alpha value is -3.60. The summed E-state index contributed by atoms with van der Waals surface area (Å²) in [5, 5.41) is 21.7. The summed E-state index contributed by atoms with van der Waals surface area (Å²) in [5.74, 6) is 6.53. The van der Waals surface area contributed by atoms with Gasteiger partial charge in [-0.25, -0.2) is 0 Å². The normalized spacial score (nSPS) is 18.8. The minimum absolute atomic E-state index is 0.00517. The van der Waals surface area contributed by atoms with Crippen molar-refractivity contribution >= 4 is 16.9 Å². The van der Waals surface area contributed by atoms with Crippen LogP contribution in [0.5, 0.6) is 11.5 Å². The van der Waals surface area contributed by atoms with Gasteiger partial charge < -0.3 is 19.7 Å². The summed E-state index contributed by atoms with van der Waals surface area (Å²) in [6.45, 7) is 1.77. The SMILES string of the molecule is COc1ccc(C#CCN2CC[C@@H](CC[C@@H](O)c3ccnc4ccc(OC)cc34)[C@@H](C(=O)O)C2)cc1. The fourth-order valence-electron chi connectivity index (χ4n) is 4.86. The van der Waals surface area contributed by atoms with Crippen LogP contribution in [0, 0.1) is 23.7 Å². The molecule has 2 aromatic carbocycles. The predicted octanol–water partition coefficient (Wildman–Crippen LogP) is 4.14. The standard InChI is InChI=1S/C29H32N2O5/c1-35-22-8-5-20(6-9-22)4-3-16-31-17-14-21(26(19-31)29(33)34)7-12-28(32)24-13-15-30-27-11-10-23(36-2)18-25(24)27/h5-6,8-11,13,15,18,21,26,28,32H,7,12,14,16-17,19H2,1-2H3,(H,33,34)/t21-,26+,28-/m1/s1. The van der Waals surface area contributed by atoms with Crippen LogP contribution < -0.4 is 9.47 Å². The third-order valence-corrected chi connectivity index (χ3v) is 6.93. The van der Waals surface area contributed by atoms with Crippen molar-refractivity contribution in [2.24, 2.45) is 11.8 Å². The van der Waals surface area contributed by atoms with Gasteiger partial charge in [-0.2, -0.15) is 0 Å². The number of hydrogen-bond donors (Lipinski definition) is 2. The Kier molecular flexibility index (Phi) is 8.42. The van der Waals surface area contributed by atoms with Crippen LogP contribution in [0.2, 0.25) is 0 Å². The quantitative estimate of drug-likeness (QED) is 0.461. The highest BCUT2D eigenvalue weighted by molar-refractivity contribution is 5.83. The molecule has 0 aliphatic carbocycles. The average molecular weight is 489 g/mol. The molecular weight excluding hydrogens is 456 g/mol. The largest absolute Gasteiger partial charge is 0.497 e. The lowest BCUT2D eigenvalue weighted by Crippen LogP contribution is -2.44. The van der Waals surface area contributed by atoms with Gasteiger partial charge in [-0.1, -0.05) is 11.8 Å². The first-order chi connectivity index (χ1) is 17.5. The second-order valence-corrected chi connectivity index (χ2v) is 9.14. The molecule has 1 saturated heterocycles. The van der Waals surface area contributed by atoms with Crippen LogP contribution in [0.15, 0.2) is 54.7 Å². The van der Waals surface area contributed by atoms with Gasteiger partial charge in [-0.15, -0.1) is 0 Å². The van der Waals surface area contributed by atoms with Gasteiger partial charge in [0.25, 0.3) is 0 Å². The van der Waals surface area contributed by atoms with Crippen molar-refractivity contribution in [3.63, 3.8) is 0 Å². The smallest absolute Gasteiger partial charge is 0.308 e. The summed E-state index contributed by atoms with van der Waals surface area (Å²) in [5.41, 5.74) is 2.48. The number of fused-ring (bicyclic) bond motifs is 1. The molecule has 0 saturated carbocycles. The van der Waals surface area contributed by atoms with Gasteiger partial charge in [0.2, 0.25) is 0 Å². The van der Waals surface area contributed by atoms with Gasteiger partial charge in [-0.05, 0) is 85.8 Å². The number of benzene rings is 2. The Labute approximate surface area is 211 Å². The summed E-state index contributed by atoms with van der Waals surface area (Å²) >= 11 is 0. The molecule has 2 heterocycles. The minimum Gasteiger partial charge on any atom is -0.497 e. The molecule has 7 nitrogen and oxygen atoms in total. The van der Waals surface area contributed by atoms with Crippen molar-refractivity contribution in [3.8, 4) is 23.3 Å². The molecule has 1 aliphatic rings. The van der Waals surface area contributed by atoms with E-state index in [4.69, 9.17) is 9.47 Å². The number of methoxy groups -OCH3 is 2. The number of likely N-dealkylation sites (tertiary alicyclic amines) is 1. The van der Waals surface area contributed by atoms with Gasteiger partial charge in [0, 0.05) is 23.7 Å². The van der Waals surface area contributed by atoms with E-state index in [0.717, 1.165) is 40.7 Å². The van der Waals surface area contributed by atoms with E-state index in [1.54, 1.807) is 20.4 Å². The van der Waals surface area contributed by atoms with Crippen LogP contribution in [-0.4, -0.2) is 59.9 Å². The number of pyridine rings is 1. The Morgan fingerprint density at radius 2 is 1.89 bits per heavy atom. The number of hydrogen-bond acceptors (Lipinski definition) is 6. The summed E-state index contributed by atoms with van der Waals surface area (Å²) in [6, 6.07) is 15.0. The van der Waals surface area contributed by atoms with Gasteiger partial charge >= 0.3 is 5.97 Å². The Morgan fingerprint density at radius 3 is 2.61 bits per heavy atom. The Balaban J connectivity index is 1.36. The highest BCUT2D eigenvalue weighted by Crippen LogP contribution is 2.33. The van der Waals surface area contributed by atoms with Crippen LogP contribution in [0.25, 0.3) is 10.9 Å². The number of ether oxygens (including phenoxy) is 2. The van der Waals surface area contributed by atoms with Crippen molar-refractivity contribution < 1.29 is 24.5 Å². The maximum Gasteiger partial charge on any atom is 0.308 e. The second kappa shape index (κ2) is 11.9. The molecule has 2 N–H and O–H groups in total. The molecular formula is C29H32N2O5. The second-order valence-electron chi connectivity index (χ2n) is 9.14. The fraction of sp³-hybridized carbons (Fsp3) is 0.379. The van der Waals surface area contributed by atoms with Crippen LogP contribution in [0.3, 0.4) is 0 Å². The molecule has 4 rings (SSSR count). The predicted molar refractivity (Wildman–Crippen MR) is 138 cm³/mol. The molecule has 7 heteroatoms. The summed E-state index contributed by atoms with van der Waals surface area (Å²) in [7, 11) is 3.24. The number of aliphatic carboxylic acids is 1. The first kappa shape index (κ1) is 25.5. The van der Waals surface area contributed by atoms with Gasteiger partial charge in [0.1, 0.15) is 11.5 Å². The van der Waals surface area contributed by atoms with E-state index in [-0.39, 0.29) is 5.92 Å². The number of rotatable bonds is 8. The molecule has 1 aromatic heterocycles. The first-order valence-corrected chi connectivity index (χ1v) is 12.2. The topological polar surface area (TPSA) is 92.1 Å². The zero-order valence-electron chi connectivity index (χ0n) is 20.7. The van der Waals surface area contributed by atoms with Crippen molar-refractivity contribution in [2.75, 3.05) is 33.9 Å². The molecule has 0 bridgehead atoms. The molecule has 1 aliphatic heterocycles. The molecule has 188 valence electrons. The molecule has 3 aromatic rings. The fourth-order valence-corrected chi connectivity index (χ4v) is 4.86. The van der Waals surface area contributed by atoms with E-state index < -0.39 is 18.0 Å². The molecule has 36 heavy (non-hydrogen) atoms. The maximum atomic E-state index is 12.1. The monoisotopic (exact) mass is 488 g/mol. The lowest BCUT2D eigenvalue weighted by atomic mass is 9.81. The lowest BCUT2D eigenvalue weighted by molar-refractivity contribution is -0.146. The lowest BCUT2D eigenvalue weighted by Gasteiger charge is -2.36. The van der Waals surface area contributed by atoms with Gasteiger partial charge in [0.15, 0.2) is 0 Å². The Morgan fingerprint density at radius 1 is 1.14 bits per heavy atom. The van der Waals surface area contributed by atoms with Crippen LogP contribution in [-0.2, 0) is 4.79 Å². The van der Waals surface area contributed by atoms with Crippen LogP contribution >= 0.6 is 0 Å². The van der Waals surface area contributed by atoms with E-state index in [2.05, 4.69) is 21.7 Å². The summed E-state index contributed by atoms with van der Waals surface area (Å²) < 4.78 is 10.5. The van der Waals surface area contributed by atoms with Crippen molar-refractivity contribution in [1.82, 2.24) is 9.88 Å². The third kappa shape index (κ3) is 6.14. The highest BCUT2D eigenvalue weighted by Gasteiger charge is 2.34. The molecule has 3 atom stereocenters. The van der Waals surface area contributed by atoms with Crippen molar-refractivity contribution in [2.45, 2.75) is 25.4 Å². The molecule has 0 amide bonds. The third-order valence-electron chi connectivity index (χ3n) is 6.93. The van der Waals surface area contributed by atoms with Crippen LogP contribution in [0.1, 0.15) is 36.5 Å². The minimum atomic E-state index is -0.790. The number of aliphatic hydroxyl groups excluding tert-OH is 1. The number of piperidine rings is 1. The Bertz CT molecular complexity index is 1250. The summed E-state index contributed by atoms with van der Waals surface area (Å²) in [6.07, 6.45) is 2.88. The molecule has 0 radical (unpaired) electrons. The number of carbonyl (C=O) groups is 1. The van der Waals surface area contributed by atoms with E-state index in [9.17, 15) is 15.0 Å². The molecule has 1 fully saturated rings. The number of nitrogens with zero attached hydrogens (tertiary/aromatic N) is 2. The molecule has 0 unspecified atom stereocenters. The number of aromatic nitrogens is 1. The average Bonchev–Trinajstić information content (AvgIpc) is 2.91. The zero-order chi connectivity index (χ0) is 25.5. The van der Waals surface area contributed by atoms with E-state index >= 15 is 0 Å². The summed E-state index contributed by atoms with van der Waals surface area (Å²) in [4.78, 5) is 18.5. The van der Waals surface area contributed by atoms with Gasteiger partial charge in [-0.3, -0.25) is 14.7 Å². The highest BCUT2D eigenvalue weighted by atomic mass is 16.5. The van der Waals surface area contributed by atoms with Crippen LogP contribution in [0.4, 0.5) is 0 Å². The van der Waals surface area contributed by atoms with Crippen molar-refractivity contribution in [3.05, 3.63) is 65.9 Å². The van der Waals surface area contributed by atoms with E-state index in [1.165, 1.54) is 0 Å². The molecule has 0 spiro atoms. The van der Waals surface area contributed by atoms with Crippen molar-refractivity contribution in [1.29, 1.82) is 0 Å².